The lowest BCUT2D eigenvalue weighted by atomic mass is 10.1. The van der Waals surface area contributed by atoms with Crippen molar-refractivity contribution in [3.63, 3.8) is 0 Å². The Kier molecular flexibility index (Phi) is 6.30. The maximum atomic E-state index is 13.2. The standard InChI is InChI=1S/C21H19FN4O4S/c1-14-6-8-19(15(2)10-14)25-31(29,30)18-7-9-20(21(12-18)26(27)28)24-23-13-16-4-3-5-17(22)11-16/h3-13,24-25H,1-2H3/b23-13-. The molecule has 0 amide bonds. The van der Waals surface area contributed by atoms with Crippen molar-refractivity contribution < 1.29 is 17.7 Å². The van der Waals surface area contributed by atoms with Crippen molar-refractivity contribution in [2.75, 3.05) is 10.1 Å². The Balaban J connectivity index is 1.86. The monoisotopic (exact) mass is 442 g/mol. The number of hydrogen-bond donors (Lipinski definition) is 2. The van der Waals surface area contributed by atoms with E-state index in [4.69, 9.17) is 0 Å². The van der Waals surface area contributed by atoms with Crippen LogP contribution in [0.25, 0.3) is 0 Å². The highest BCUT2D eigenvalue weighted by Gasteiger charge is 2.22. The second kappa shape index (κ2) is 8.92. The van der Waals surface area contributed by atoms with E-state index in [2.05, 4.69) is 15.2 Å². The first-order valence-electron chi connectivity index (χ1n) is 9.09. The zero-order valence-corrected chi connectivity index (χ0v) is 17.5. The van der Waals surface area contributed by atoms with E-state index in [1.807, 2.05) is 13.0 Å². The Hall–Kier alpha value is -3.79. The van der Waals surface area contributed by atoms with Gasteiger partial charge in [0.1, 0.15) is 11.5 Å². The van der Waals surface area contributed by atoms with Gasteiger partial charge in [0, 0.05) is 6.07 Å². The minimum absolute atomic E-state index is 0.0110. The Labute approximate surface area is 178 Å². The van der Waals surface area contributed by atoms with Crippen LogP contribution < -0.4 is 10.1 Å². The molecule has 0 spiro atoms. The van der Waals surface area contributed by atoms with E-state index < -0.39 is 26.5 Å². The van der Waals surface area contributed by atoms with Gasteiger partial charge in [-0.25, -0.2) is 12.8 Å². The molecular weight excluding hydrogens is 423 g/mol. The number of nitrogens with one attached hydrogen (secondary N) is 2. The highest BCUT2D eigenvalue weighted by Crippen LogP contribution is 2.29. The normalized spacial score (nSPS) is 11.5. The van der Waals surface area contributed by atoms with Crippen LogP contribution in [0.2, 0.25) is 0 Å². The number of nitrogens with zero attached hydrogens (tertiary/aromatic N) is 2. The molecule has 2 N–H and O–H groups in total. The van der Waals surface area contributed by atoms with Crippen LogP contribution in [0.1, 0.15) is 16.7 Å². The van der Waals surface area contributed by atoms with E-state index in [0.717, 1.165) is 17.2 Å². The maximum Gasteiger partial charge on any atom is 0.295 e. The Morgan fingerprint density at radius 1 is 1.03 bits per heavy atom. The van der Waals surface area contributed by atoms with Gasteiger partial charge in [-0.15, -0.1) is 0 Å². The van der Waals surface area contributed by atoms with Crippen molar-refractivity contribution >= 4 is 33.3 Å². The van der Waals surface area contributed by atoms with Crippen LogP contribution in [0, 0.1) is 29.8 Å². The molecule has 0 bridgehead atoms. The predicted molar refractivity (Wildman–Crippen MR) is 117 cm³/mol. The molecule has 3 aromatic carbocycles. The second-order valence-corrected chi connectivity index (χ2v) is 8.47. The summed E-state index contributed by atoms with van der Waals surface area (Å²) in [7, 11) is -4.05. The molecule has 3 aromatic rings. The van der Waals surface area contributed by atoms with Crippen LogP contribution in [-0.2, 0) is 10.0 Å². The van der Waals surface area contributed by atoms with Crippen molar-refractivity contribution in [3.8, 4) is 0 Å². The molecule has 0 atom stereocenters. The van der Waals surface area contributed by atoms with E-state index in [1.54, 1.807) is 25.1 Å². The van der Waals surface area contributed by atoms with Gasteiger partial charge in [0.05, 0.1) is 21.7 Å². The van der Waals surface area contributed by atoms with Gasteiger partial charge in [0.15, 0.2) is 0 Å². The molecule has 0 fully saturated rings. The van der Waals surface area contributed by atoms with Gasteiger partial charge in [-0.05, 0) is 55.3 Å². The summed E-state index contributed by atoms with van der Waals surface area (Å²) in [4.78, 5) is 10.5. The summed E-state index contributed by atoms with van der Waals surface area (Å²) >= 11 is 0. The van der Waals surface area contributed by atoms with E-state index in [1.165, 1.54) is 36.5 Å². The molecule has 0 radical (unpaired) electrons. The fourth-order valence-electron chi connectivity index (χ4n) is 2.82. The quantitative estimate of drug-likeness (QED) is 0.315. The molecule has 0 heterocycles. The molecule has 0 aliphatic heterocycles. The predicted octanol–water partition coefficient (Wildman–Crippen LogP) is 4.60. The summed E-state index contributed by atoms with van der Waals surface area (Å²) in [5.41, 5.74) is 4.55. The molecule has 0 aliphatic carbocycles. The highest BCUT2D eigenvalue weighted by atomic mass is 32.2. The lowest BCUT2D eigenvalue weighted by molar-refractivity contribution is -0.384. The summed E-state index contributed by atoms with van der Waals surface area (Å²) in [6.07, 6.45) is 1.29. The molecule has 3 rings (SSSR count). The number of rotatable bonds is 7. The number of nitro groups is 1. The number of hydrogen-bond acceptors (Lipinski definition) is 6. The van der Waals surface area contributed by atoms with Gasteiger partial charge in [-0.1, -0.05) is 29.8 Å². The van der Waals surface area contributed by atoms with Gasteiger partial charge in [0.2, 0.25) is 0 Å². The summed E-state index contributed by atoms with van der Waals surface area (Å²) in [6.45, 7) is 3.65. The summed E-state index contributed by atoms with van der Waals surface area (Å²) in [5.74, 6) is -0.444. The minimum Gasteiger partial charge on any atom is -0.279 e. The molecule has 8 nitrogen and oxygen atoms in total. The number of halogens is 1. The van der Waals surface area contributed by atoms with Crippen LogP contribution in [0.4, 0.5) is 21.5 Å². The van der Waals surface area contributed by atoms with Crippen molar-refractivity contribution in [3.05, 3.63) is 93.3 Å². The molecule has 31 heavy (non-hydrogen) atoms. The summed E-state index contributed by atoms with van der Waals surface area (Å²) in [5, 5.41) is 15.3. The van der Waals surface area contributed by atoms with Gasteiger partial charge in [-0.3, -0.25) is 20.3 Å². The third-order valence-corrected chi connectivity index (χ3v) is 5.71. The highest BCUT2D eigenvalue weighted by molar-refractivity contribution is 7.92. The lowest BCUT2D eigenvalue weighted by Crippen LogP contribution is -2.14. The Morgan fingerprint density at radius 3 is 2.45 bits per heavy atom. The van der Waals surface area contributed by atoms with Crippen LogP contribution in [-0.4, -0.2) is 19.6 Å². The largest absolute Gasteiger partial charge is 0.295 e. The van der Waals surface area contributed by atoms with Crippen molar-refractivity contribution in [1.82, 2.24) is 0 Å². The summed E-state index contributed by atoms with van der Waals surface area (Å²) < 4.78 is 41.1. The smallest absolute Gasteiger partial charge is 0.279 e. The second-order valence-electron chi connectivity index (χ2n) is 6.78. The molecule has 0 aromatic heterocycles. The fourth-order valence-corrected chi connectivity index (χ4v) is 3.97. The molecule has 160 valence electrons. The fraction of sp³-hybridized carbons (Fsp3) is 0.0952. The van der Waals surface area contributed by atoms with Crippen LogP contribution in [0.5, 0.6) is 0 Å². The summed E-state index contributed by atoms with van der Waals surface area (Å²) in [6, 6.07) is 14.3. The maximum absolute atomic E-state index is 13.2. The van der Waals surface area contributed by atoms with E-state index in [0.29, 0.717) is 11.3 Å². The molecule has 0 saturated heterocycles. The zero-order chi connectivity index (χ0) is 22.6. The zero-order valence-electron chi connectivity index (χ0n) is 16.7. The number of anilines is 2. The number of nitro benzene ring substituents is 1. The first-order chi connectivity index (χ1) is 14.7. The molecule has 0 saturated carbocycles. The van der Waals surface area contributed by atoms with Gasteiger partial charge >= 0.3 is 0 Å². The lowest BCUT2D eigenvalue weighted by Gasteiger charge is -2.12. The number of hydrazone groups is 1. The van der Waals surface area contributed by atoms with Crippen molar-refractivity contribution in [2.45, 2.75) is 18.7 Å². The third-order valence-electron chi connectivity index (χ3n) is 4.35. The average Bonchev–Trinajstić information content (AvgIpc) is 2.70. The van der Waals surface area contributed by atoms with Gasteiger partial charge in [-0.2, -0.15) is 5.10 Å². The first-order valence-corrected chi connectivity index (χ1v) is 10.6. The molecule has 10 heteroatoms. The number of aryl methyl sites for hydroxylation is 2. The molecular formula is C21H19FN4O4S. The SMILES string of the molecule is Cc1ccc(NS(=O)(=O)c2ccc(N/N=C\c3cccc(F)c3)c([N+](=O)[O-])c2)c(C)c1. The van der Waals surface area contributed by atoms with E-state index in [-0.39, 0.29) is 10.6 Å². The van der Waals surface area contributed by atoms with Crippen LogP contribution in [0.15, 0.2) is 70.7 Å². The Morgan fingerprint density at radius 2 is 1.77 bits per heavy atom. The van der Waals surface area contributed by atoms with Crippen LogP contribution >= 0.6 is 0 Å². The van der Waals surface area contributed by atoms with E-state index in [9.17, 15) is 22.9 Å². The average molecular weight is 442 g/mol. The molecule has 0 aliphatic rings. The van der Waals surface area contributed by atoms with Crippen LogP contribution in [0.3, 0.4) is 0 Å². The third kappa shape index (κ3) is 5.43. The van der Waals surface area contributed by atoms with Crippen molar-refractivity contribution in [1.29, 1.82) is 0 Å². The van der Waals surface area contributed by atoms with Gasteiger partial charge in [0.25, 0.3) is 15.7 Å². The topological polar surface area (TPSA) is 114 Å². The minimum atomic E-state index is -4.05. The van der Waals surface area contributed by atoms with Crippen molar-refractivity contribution in [2.24, 2.45) is 5.10 Å². The van der Waals surface area contributed by atoms with Gasteiger partial charge < -0.3 is 0 Å². The number of sulfonamides is 1. The number of benzene rings is 3. The Bertz CT molecular complexity index is 1280. The first kappa shape index (κ1) is 21.9. The molecule has 0 unspecified atom stereocenters. The van der Waals surface area contributed by atoms with E-state index >= 15 is 0 Å².